The molecule has 1 aliphatic carbocycles. The van der Waals surface area contributed by atoms with Gasteiger partial charge in [0.2, 0.25) is 0 Å². The monoisotopic (exact) mass is 257 g/mol. The van der Waals surface area contributed by atoms with Crippen molar-refractivity contribution >= 4 is 6.21 Å². The van der Waals surface area contributed by atoms with E-state index in [1.807, 2.05) is 0 Å². The lowest BCUT2D eigenvalue weighted by molar-refractivity contribution is -0.274. The van der Waals surface area contributed by atoms with Crippen molar-refractivity contribution in [2.24, 2.45) is 0 Å². The summed E-state index contributed by atoms with van der Waals surface area (Å²) in [6.07, 6.45) is 0.631. The van der Waals surface area contributed by atoms with Gasteiger partial charge in [-0.15, -0.1) is 13.2 Å². The second-order valence-corrected chi connectivity index (χ2v) is 4.58. The van der Waals surface area contributed by atoms with Crippen LogP contribution in [0.3, 0.4) is 0 Å². The summed E-state index contributed by atoms with van der Waals surface area (Å²) in [6, 6.07) is 5.87. The van der Waals surface area contributed by atoms with Crippen LogP contribution in [0.1, 0.15) is 31.2 Å². The molecule has 0 atom stereocenters. The third-order valence-corrected chi connectivity index (χ3v) is 3.43. The fraction of sp³-hybridized carbons (Fsp3) is 0.462. The van der Waals surface area contributed by atoms with Crippen LogP contribution >= 0.6 is 0 Å². The summed E-state index contributed by atoms with van der Waals surface area (Å²) in [6.45, 7) is 0. The lowest BCUT2D eigenvalue weighted by Gasteiger charge is -2.24. The summed E-state index contributed by atoms with van der Waals surface area (Å²) >= 11 is 0. The zero-order valence-corrected chi connectivity index (χ0v) is 9.76. The Morgan fingerprint density at radius 3 is 2.11 bits per heavy atom. The molecular formula is C13H14F3NO. The van der Waals surface area contributed by atoms with Crippen molar-refractivity contribution in [3.8, 4) is 5.75 Å². The lowest BCUT2D eigenvalue weighted by atomic mass is 9.80. The van der Waals surface area contributed by atoms with Gasteiger partial charge in [-0.3, -0.25) is 0 Å². The van der Waals surface area contributed by atoms with Crippen LogP contribution in [0.4, 0.5) is 13.2 Å². The van der Waals surface area contributed by atoms with Crippen LogP contribution in [-0.4, -0.2) is 12.6 Å². The van der Waals surface area contributed by atoms with E-state index in [4.69, 9.17) is 5.41 Å². The predicted octanol–water partition coefficient (Wildman–Crippen LogP) is 4.05. The molecule has 1 fully saturated rings. The molecule has 1 N–H and O–H groups in total. The molecule has 0 spiro atoms. The van der Waals surface area contributed by atoms with Gasteiger partial charge in [0.15, 0.2) is 0 Å². The van der Waals surface area contributed by atoms with Crippen LogP contribution < -0.4 is 4.74 Å². The highest BCUT2D eigenvalue weighted by Crippen LogP contribution is 2.40. The van der Waals surface area contributed by atoms with E-state index in [0.29, 0.717) is 0 Å². The van der Waals surface area contributed by atoms with Crippen molar-refractivity contribution in [3.63, 3.8) is 0 Å². The molecule has 98 valence electrons. The molecule has 2 nitrogen and oxygen atoms in total. The Hall–Kier alpha value is -1.52. The molecule has 0 amide bonds. The molecule has 0 bridgehead atoms. The van der Waals surface area contributed by atoms with Crippen LogP contribution in [0.2, 0.25) is 0 Å². The van der Waals surface area contributed by atoms with Crippen LogP contribution in [-0.2, 0) is 5.41 Å². The third-order valence-electron chi connectivity index (χ3n) is 3.43. The van der Waals surface area contributed by atoms with E-state index in [2.05, 4.69) is 4.74 Å². The zero-order chi connectivity index (χ0) is 13.2. The summed E-state index contributed by atoms with van der Waals surface area (Å²) < 4.78 is 39.9. The summed E-state index contributed by atoms with van der Waals surface area (Å²) in [5, 5.41) is 7.55. The highest BCUT2D eigenvalue weighted by molar-refractivity contribution is 5.71. The molecule has 0 radical (unpaired) electrons. The molecule has 1 aromatic rings. The molecule has 1 saturated carbocycles. The van der Waals surface area contributed by atoms with Gasteiger partial charge in [0.25, 0.3) is 0 Å². The van der Waals surface area contributed by atoms with E-state index in [9.17, 15) is 13.2 Å². The molecule has 0 saturated heterocycles. The van der Waals surface area contributed by atoms with Crippen LogP contribution in [0, 0.1) is 5.41 Å². The normalized spacial score (nSPS) is 18.6. The molecule has 5 heteroatoms. The largest absolute Gasteiger partial charge is 0.573 e. The van der Waals surface area contributed by atoms with Crippen LogP contribution in [0.5, 0.6) is 5.75 Å². The van der Waals surface area contributed by atoms with E-state index in [-0.39, 0.29) is 11.2 Å². The van der Waals surface area contributed by atoms with Gasteiger partial charge in [0.05, 0.1) is 0 Å². The molecule has 18 heavy (non-hydrogen) atoms. The molecule has 2 rings (SSSR count). The van der Waals surface area contributed by atoms with E-state index in [0.717, 1.165) is 31.2 Å². The van der Waals surface area contributed by atoms with Gasteiger partial charge in [-0.05, 0) is 30.5 Å². The Morgan fingerprint density at radius 1 is 1.11 bits per heavy atom. The number of nitrogens with one attached hydrogen (secondary N) is 1. The number of ether oxygens (including phenoxy) is 1. The van der Waals surface area contributed by atoms with E-state index in [1.165, 1.54) is 18.3 Å². The molecule has 0 heterocycles. The standard InChI is InChI=1S/C13H14F3NO/c14-13(15,16)18-11-5-3-10(4-6-11)12(9-17)7-1-2-8-12/h3-6,9,17H,1-2,7-8H2. The van der Waals surface area contributed by atoms with E-state index < -0.39 is 6.36 Å². The second-order valence-electron chi connectivity index (χ2n) is 4.58. The van der Waals surface area contributed by atoms with Gasteiger partial charge in [0, 0.05) is 11.6 Å². The summed E-state index contributed by atoms with van der Waals surface area (Å²) in [5.41, 5.74) is 0.598. The second kappa shape index (κ2) is 4.63. The van der Waals surface area contributed by atoms with Gasteiger partial charge >= 0.3 is 6.36 Å². The van der Waals surface area contributed by atoms with Crippen LogP contribution in [0.15, 0.2) is 24.3 Å². The third kappa shape index (κ3) is 2.66. The number of hydrogen-bond donors (Lipinski definition) is 1. The van der Waals surface area contributed by atoms with Crippen molar-refractivity contribution in [1.82, 2.24) is 0 Å². The van der Waals surface area contributed by atoms with Crippen LogP contribution in [0.25, 0.3) is 0 Å². The first-order valence-corrected chi connectivity index (χ1v) is 5.83. The fourth-order valence-corrected chi connectivity index (χ4v) is 2.51. The zero-order valence-electron chi connectivity index (χ0n) is 9.76. The average Bonchev–Trinajstić information content (AvgIpc) is 2.77. The molecular weight excluding hydrogens is 243 g/mol. The number of rotatable bonds is 3. The molecule has 0 aliphatic heterocycles. The number of benzene rings is 1. The molecule has 0 unspecified atom stereocenters. The quantitative estimate of drug-likeness (QED) is 0.814. The summed E-state index contributed by atoms with van der Waals surface area (Å²) in [5.74, 6) is -0.218. The van der Waals surface area contributed by atoms with Crippen molar-refractivity contribution in [3.05, 3.63) is 29.8 Å². The van der Waals surface area contributed by atoms with E-state index >= 15 is 0 Å². The smallest absolute Gasteiger partial charge is 0.406 e. The first kappa shape index (κ1) is 12.9. The first-order valence-electron chi connectivity index (χ1n) is 5.83. The topological polar surface area (TPSA) is 33.1 Å². The average molecular weight is 257 g/mol. The minimum atomic E-state index is -4.66. The van der Waals surface area contributed by atoms with Crippen molar-refractivity contribution < 1.29 is 17.9 Å². The summed E-state index contributed by atoms with van der Waals surface area (Å²) in [4.78, 5) is 0. The SMILES string of the molecule is N=CC1(c2ccc(OC(F)(F)F)cc2)CCCC1. The molecule has 0 aromatic heterocycles. The number of halogens is 3. The Balaban J connectivity index is 2.19. The van der Waals surface area contributed by atoms with Crippen molar-refractivity contribution in [1.29, 1.82) is 5.41 Å². The maximum atomic E-state index is 12.0. The van der Waals surface area contributed by atoms with Gasteiger partial charge in [-0.2, -0.15) is 0 Å². The Morgan fingerprint density at radius 2 is 1.67 bits per heavy atom. The first-order chi connectivity index (χ1) is 8.45. The fourth-order valence-electron chi connectivity index (χ4n) is 2.51. The van der Waals surface area contributed by atoms with Gasteiger partial charge in [-0.25, -0.2) is 0 Å². The maximum Gasteiger partial charge on any atom is 0.573 e. The van der Waals surface area contributed by atoms with Crippen molar-refractivity contribution in [2.75, 3.05) is 0 Å². The highest BCUT2D eigenvalue weighted by atomic mass is 19.4. The van der Waals surface area contributed by atoms with Gasteiger partial charge < -0.3 is 10.1 Å². The minimum absolute atomic E-state index is 0.218. The Labute approximate surface area is 103 Å². The van der Waals surface area contributed by atoms with E-state index in [1.54, 1.807) is 12.1 Å². The predicted molar refractivity (Wildman–Crippen MR) is 62.1 cm³/mol. The minimum Gasteiger partial charge on any atom is -0.406 e. The maximum absolute atomic E-state index is 12.0. The Bertz CT molecular complexity index is 419. The van der Waals surface area contributed by atoms with Gasteiger partial charge in [-0.1, -0.05) is 25.0 Å². The number of hydrogen-bond acceptors (Lipinski definition) is 2. The van der Waals surface area contributed by atoms with Gasteiger partial charge in [0.1, 0.15) is 5.75 Å². The molecule has 1 aliphatic rings. The lowest BCUT2D eigenvalue weighted by Crippen LogP contribution is -2.23. The Kier molecular flexibility index (Phi) is 3.32. The summed E-state index contributed by atoms with van der Waals surface area (Å²) in [7, 11) is 0. The highest BCUT2D eigenvalue weighted by Gasteiger charge is 2.34. The van der Waals surface area contributed by atoms with Crippen molar-refractivity contribution in [2.45, 2.75) is 37.5 Å². The molecule has 1 aromatic carbocycles. The number of alkyl halides is 3.